The number of nitrogens with zero attached hydrogens (tertiary/aromatic N) is 4. The summed E-state index contributed by atoms with van der Waals surface area (Å²) in [6, 6.07) is 7.82. The fourth-order valence-electron chi connectivity index (χ4n) is 10.2. The lowest BCUT2D eigenvalue weighted by Crippen LogP contribution is -2.62. The van der Waals surface area contributed by atoms with Crippen LogP contribution in [0, 0.1) is 17.8 Å². The molecule has 1 saturated carbocycles. The smallest absolute Gasteiger partial charge is 0.253 e. The van der Waals surface area contributed by atoms with Crippen molar-refractivity contribution in [3.8, 4) is 0 Å². The van der Waals surface area contributed by atoms with Crippen LogP contribution in [0.3, 0.4) is 0 Å². The Bertz CT molecular complexity index is 2140. The molecule has 5 rings (SSSR count). The number of aromatic nitrogens is 1. The SMILES string of the molecule is COC(CC(=O)N1CCCC1C(OC)C(C)C(=O)NC(Cc1ccccc1)c1nccs1)C(C1CCCCC1)N(C)C(=O)C(NC(=O)C(C)(C)NC(=O)CCOCCOCCOCCN1C(=O)C=CC1=O)C(C)C. The molecule has 74 heavy (non-hydrogen) atoms. The first-order chi connectivity index (χ1) is 35.5. The summed E-state index contributed by atoms with van der Waals surface area (Å²) in [4.78, 5) is 103. The van der Waals surface area contributed by atoms with Crippen LogP contribution in [0.15, 0.2) is 54.1 Å². The van der Waals surface area contributed by atoms with Crippen molar-refractivity contribution in [2.75, 3.05) is 74.0 Å². The summed E-state index contributed by atoms with van der Waals surface area (Å²) < 4.78 is 28.8. The second kappa shape index (κ2) is 29.8. The van der Waals surface area contributed by atoms with E-state index in [2.05, 4.69) is 20.9 Å². The number of nitrogens with one attached hydrogen (secondary N) is 3. The predicted octanol–water partition coefficient (Wildman–Crippen LogP) is 4.40. The van der Waals surface area contributed by atoms with Gasteiger partial charge < -0.3 is 49.4 Å². The molecule has 3 heterocycles. The van der Waals surface area contributed by atoms with E-state index in [1.54, 1.807) is 46.2 Å². The summed E-state index contributed by atoms with van der Waals surface area (Å²) >= 11 is 1.49. The molecule has 1 aliphatic carbocycles. The van der Waals surface area contributed by atoms with Crippen LogP contribution in [0.1, 0.15) is 109 Å². The maximum atomic E-state index is 14.7. The molecule has 0 spiro atoms. The van der Waals surface area contributed by atoms with Crippen molar-refractivity contribution < 1.29 is 57.2 Å². The van der Waals surface area contributed by atoms with Crippen molar-refractivity contribution in [2.45, 2.75) is 141 Å². The van der Waals surface area contributed by atoms with E-state index in [9.17, 15) is 33.6 Å². The zero-order valence-electron chi connectivity index (χ0n) is 44.7. The Morgan fingerprint density at radius 1 is 0.838 bits per heavy atom. The molecule has 1 aromatic heterocycles. The van der Waals surface area contributed by atoms with E-state index in [1.807, 2.05) is 61.4 Å². The number of amides is 7. The van der Waals surface area contributed by atoms with Gasteiger partial charge in [0, 0.05) is 58.0 Å². The summed E-state index contributed by atoms with van der Waals surface area (Å²) in [6.45, 7) is 10.7. The number of imide groups is 1. The number of carbonyl (C=O) groups is 7. The highest BCUT2D eigenvalue weighted by atomic mass is 32.1. The zero-order chi connectivity index (χ0) is 53.8. The monoisotopic (exact) mass is 1050 g/mol. The lowest BCUT2D eigenvalue weighted by atomic mass is 9.80. The standard InChI is InChI=1S/C54H81N7O12S/c1-36(2)47(57-53(68)54(4,5)58-43(62)23-27-71-29-31-73-32-30-72-28-26-61-44(63)21-22-45(61)64)52(67)59(6)48(39-18-13-10-14-19-39)42(69-7)35-46(65)60-25-15-20-41(60)49(70-8)37(3)50(66)56-40(51-55-24-33-74-51)34-38-16-11-9-12-17-38/h9,11-12,16-17,21-22,24,33,36-37,39-42,47-49H,10,13-15,18-20,23,25-32,34-35H2,1-8H3,(H,56,66)(H,57,68)(H,58,62). The van der Waals surface area contributed by atoms with E-state index < -0.39 is 47.6 Å². The molecule has 1 saturated heterocycles. The zero-order valence-corrected chi connectivity index (χ0v) is 45.5. The molecule has 3 N–H and O–H groups in total. The van der Waals surface area contributed by atoms with Crippen LogP contribution >= 0.6 is 11.3 Å². The minimum absolute atomic E-state index is 0.00255. The molecule has 7 unspecified atom stereocenters. The van der Waals surface area contributed by atoms with Crippen molar-refractivity contribution >= 4 is 52.7 Å². The van der Waals surface area contributed by atoms with E-state index >= 15 is 0 Å². The van der Waals surface area contributed by atoms with Crippen LogP contribution in [0.5, 0.6) is 0 Å². The first-order valence-corrected chi connectivity index (χ1v) is 27.1. The highest BCUT2D eigenvalue weighted by molar-refractivity contribution is 7.09. The summed E-state index contributed by atoms with van der Waals surface area (Å²) in [5, 5.41) is 11.7. The molecule has 20 heteroatoms. The van der Waals surface area contributed by atoms with E-state index in [1.165, 1.54) is 23.5 Å². The third kappa shape index (κ3) is 17.2. The van der Waals surface area contributed by atoms with Crippen molar-refractivity contribution in [1.29, 1.82) is 0 Å². The molecule has 2 aliphatic heterocycles. The van der Waals surface area contributed by atoms with E-state index in [4.69, 9.17) is 23.7 Å². The van der Waals surface area contributed by atoms with Gasteiger partial charge in [0.05, 0.1) is 88.9 Å². The van der Waals surface area contributed by atoms with Gasteiger partial charge in [0.1, 0.15) is 16.6 Å². The quantitative estimate of drug-likeness (QED) is 0.0705. The first-order valence-electron chi connectivity index (χ1n) is 26.2. The maximum Gasteiger partial charge on any atom is 0.253 e. The molecular formula is C54H81N7O12S. The molecule has 2 fully saturated rings. The van der Waals surface area contributed by atoms with Gasteiger partial charge in [0.25, 0.3) is 11.8 Å². The lowest BCUT2D eigenvalue weighted by Gasteiger charge is -2.43. The lowest BCUT2D eigenvalue weighted by molar-refractivity contribution is -0.148. The Morgan fingerprint density at radius 3 is 2.09 bits per heavy atom. The van der Waals surface area contributed by atoms with Crippen molar-refractivity contribution in [3.63, 3.8) is 0 Å². The normalized spacial score (nSPS) is 18.7. The second-order valence-corrected chi connectivity index (χ2v) is 21.3. The minimum atomic E-state index is -1.38. The average Bonchev–Trinajstić information content (AvgIpc) is 4.17. The number of hydrogen-bond acceptors (Lipinski definition) is 14. The van der Waals surface area contributed by atoms with Gasteiger partial charge in [0.2, 0.25) is 29.5 Å². The van der Waals surface area contributed by atoms with Gasteiger partial charge in [-0.1, -0.05) is 70.4 Å². The Kier molecular flexibility index (Phi) is 24.1. The molecule has 410 valence electrons. The number of hydrogen-bond donors (Lipinski definition) is 3. The van der Waals surface area contributed by atoms with Crippen molar-refractivity contribution in [2.24, 2.45) is 17.8 Å². The van der Waals surface area contributed by atoms with Crippen LogP contribution < -0.4 is 16.0 Å². The Balaban J connectivity index is 1.14. The van der Waals surface area contributed by atoms with Crippen molar-refractivity contribution in [3.05, 3.63) is 64.6 Å². The Morgan fingerprint density at radius 2 is 1.49 bits per heavy atom. The molecule has 2 aromatic rings. The molecule has 7 atom stereocenters. The number of rotatable bonds is 31. The third-order valence-corrected chi connectivity index (χ3v) is 15.2. The summed E-state index contributed by atoms with van der Waals surface area (Å²) in [5.41, 5.74) is -0.305. The minimum Gasteiger partial charge on any atom is -0.379 e. The highest BCUT2D eigenvalue weighted by Gasteiger charge is 2.45. The fraction of sp³-hybridized carbons (Fsp3) is 0.667. The summed E-state index contributed by atoms with van der Waals surface area (Å²) in [6.07, 6.45) is 9.63. The van der Waals surface area contributed by atoms with Gasteiger partial charge in [-0.3, -0.25) is 38.5 Å². The fourth-order valence-corrected chi connectivity index (χ4v) is 10.9. The Hall–Kier alpha value is -5.12. The van der Waals surface area contributed by atoms with Gasteiger partial charge in [-0.2, -0.15) is 0 Å². The first kappa shape index (κ1) is 59.8. The number of ether oxygens (including phenoxy) is 5. The Labute approximate surface area is 441 Å². The second-order valence-electron chi connectivity index (χ2n) is 20.3. The summed E-state index contributed by atoms with van der Waals surface area (Å²) in [7, 11) is 4.88. The highest BCUT2D eigenvalue weighted by Crippen LogP contribution is 2.34. The molecule has 7 amide bonds. The topological polar surface area (TPSA) is 224 Å². The third-order valence-electron chi connectivity index (χ3n) is 14.3. The number of benzene rings is 1. The van der Waals surface area contributed by atoms with Gasteiger partial charge in [-0.15, -0.1) is 11.3 Å². The van der Waals surface area contributed by atoms with E-state index in [0.29, 0.717) is 19.4 Å². The van der Waals surface area contributed by atoms with Crippen LogP contribution in [-0.2, 0) is 63.7 Å². The van der Waals surface area contributed by atoms with Gasteiger partial charge in [-0.25, -0.2) is 4.98 Å². The molecule has 0 bridgehead atoms. The van der Waals surface area contributed by atoms with Gasteiger partial charge in [0.15, 0.2) is 0 Å². The van der Waals surface area contributed by atoms with Crippen molar-refractivity contribution in [1.82, 2.24) is 35.6 Å². The van der Waals surface area contributed by atoms with Gasteiger partial charge >= 0.3 is 0 Å². The predicted molar refractivity (Wildman–Crippen MR) is 278 cm³/mol. The molecule has 0 radical (unpaired) electrons. The number of thiazole rings is 1. The van der Waals surface area contributed by atoms with E-state index in [-0.39, 0.29) is 112 Å². The maximum absolute atomic E-state index is 14.7. The molecule has 19 nitrogen and oxygen atoms in total. The molecule has 1 aromatic carbocycles. The molecular weight excluding hydrogens is 971 g/mol. The van der Waals surface area contributed by atoms with Crippen LogP contribution in [0.4, 0.5) is 0 Å². The van der Waals surface area contributed by atoms with Gasteiger partial charge in [-0.05, 0) is 63.4 Å². The number of likely N-dealkylation sites (tertiary alicyclic amines) is 1. The average molecular weight is 1050 g/mol. The number of methoxy groups -OCH3 is 2. The largest absolute Gasteiger partial charge is 0.379 e. The summed E-state index contributed by atoms with van der Waals surface area (Å²) in [5.74, 6) is -3.19. The van der Waals surface area contributed by atoms with Crippen LogP contribution in [0.2, 0.25) is 0 Å². The number of likely N-dealkylation sites (N-methyl/N-ethyl adjacent to an activating group) is 1. The van der Waals surface area contributed by atoms with E-state index in [0.717, 1.165) is 54.0 Å². The number of carbonyl (C=O) groups excluding carboxylic acids is 7. The van der Waals surface area contributed by atoms with Crippen LogP contribution in [0.25, 0.3) is 0 Å². The van der Waals surface area contributed by atoms with Crippen LogP contribution in [-0.4, -0.2) is 171 Å². The molecule has 3 aliphatic rings.